The zero-order chi connectivity index (χ0) is 22.1. The van der Waals surface area contributed by atoms with Gasteiger partial charge in [0.2, 0.25) is 0 Å². The van der Waals surface area contributed by atoms with Crippen LogP contribution in [0.1, 0.15) is 17.4 Å². The molecule has 0 bridgehead atoms. The molecule has 158 valence electrons. The van der Waals surface area contributed by atoms with E-state index in [9.17, 15) is 19.8 Å². The molecular weight excluding hydrogens is 398 g/mol. The van der Waals surface area contributed by atoms with Gasteiger partial charge in [-0.25, -0.2) is 9.78 Å². The lowest BCUT2D eigenvalue weighted by molar-refractivity contribution is -0.141. The molecule has 4 rings (SSSR count). The van der Waals surface area contributed by atoms with Crippen LogP contribution in [-0.2, 0) is 4.79 Å². The standard InChI is InChI=1S/C23H21N3O5/c1-12(27)19(23(29)30)26-22(28)17-11-15-13-7-3-5-9-16(13)24-21(15)20(25-17)14-8-4-6-10-18(14)31-2/h3-12,19,24,27H,1-2H3,(H,26,28)(H,29,30). The first-order chi connectivity index (χ1) is 14.9. The number of amides is 1. The maximum Gasteiger partial charge on any atom is 0.328 e. The van der Waals surface area contributed by atoms with Crippen LogP contribution in [0.2, 0.25) is 0 Å². The average molecular weight is 419 g/mol. The van der Waals surface area contributed by atoms with E-state index in [0.29, 0.717) is 17.0 Å². The second kappa shape index (κ2) is 8.08. The molecule has 0 fully saturated rings. The quantitative estimate of drug-likeness (QED) is 0.381. The molecule has 0 aliphatic rings. The van der Waals surface area contributed by atoms with Crippen molar-refractivity contribution in [3.05, 3.63) is 60.3 Å². The summed E-state index contributed by atoms with van der Waals surface area (Å²) in [6.07, 6.45) is -1.27. The molecule has 4 aromatic rings. The topological polar surface area (TPSA) is 125 Å². The van der Waals surface area contributed by atoms with Crippen LogP contribution in [0, 0.1) is 0 Å². The van der Waals surface area contributed by atoms with Crippen LogP contribution >= 0.6 is 0 Å². The van der Waals surface area contributed by atoms with Gasteiger partial charge in [0.25, 0.3) is 5.91 Å². The Balaban J connectivity index is 1.94. The van der Waals surface area contributed by atoms with Crippen molar-refractivity contribution < 1.29 is 24.5 Å². The summed E-state index contributed by atoms with van der Waals surface area (Å²) >= 11 is 0. The van der Waals surface area contributed by atoms with Crippen molar-refractivity contribution in [3.8, 4) is 17.0 Å². The van der Waals surface area contributed by atoms with Crippen LogP contribution in [-0.4, -0.2) is 51.3 Å². The summed E-state index contributed by atoms with van der Waals surface area (Å²) in [6.45, 7) is 1.30. The second-order valence-electron chi connectivity index (χ2n) is 7.18. The fraction of sp³-hybridized carbons (Fsp3) is 0.174. The van der Waals surface area contributed by atoms with Crippen molar-refractivity contribution in [1.29, 1.82) is 0 Å². The van der Waals surface area contributed by atoms with Crippen LogP contribution in [0.5, 0.6) is 5.75 Å². The van der Waals surface area contributed by atoms with E-state index in [2.05, 4.69) is 15.3 Å². The fourth-order valence-electron chi connectivity index (χ4n) is 3.60. The number of aliphatic hydroxyl groups is 1. The minimum absolute atomic E-state index is 0.0325. The normalized spacial score (nSPS) is 13.1. The highest BCUT2D eigenvalue weighted by Crippen LogP contribution is 2.36. The Morgan fingerprint density at radius 2 is 1.81 bits per heavy atom. The number of hydrogen-bond acceptors (Lipinski definition) is 5. The van der Waals surface area contributed by atoms with Crippen molar-refractivity contribution in [1.82, 2.24) is 15.3 Å². The number of pyridine rings is 1. The first-order valence-corrected chi connectivity index (χ1v) is 9.67. The lowest BCUT2D eigenvalue weighted by atomic mass is 10.1. The van der Waals surface area contributed by atoms with Crippen LogP contribution < -0.4 is 10.1 Å². The van der Waals surface area contributed by atoms with Crippen molar-refractivity contribution in [3.63, 3.8) is 0 Å². The van der Waals surface area contributed by atoms with Crippen molar-refractivity contribution in [2.24, 2.45) is 0 Å². The number of fused-ring (bicyclic) bond motifs is 3. The van der Waals surface area contributed by atoms with Crippen molar-refractivity contribution in [2.75, 3.05) is 7.11 Å². The molecule has 2 aromatic carbocycles. The van der Waals surface area contributed by atoms with E-state index in [1.54, 1.807) is 19.2 Å². The number of aromatic amines is 1. The van der Waals surface area contributed by atoms with Gasteiger partial charge in [-0.2, -0.15) is 0 Å². The summed E-state index contributed by atoms with van der Waals surface area (Å²) in [4.78, 5) is 32.2. The minimum Gasteiger partial charge on any atom is -0.496 e. The predicted molar refractivity (Wildman–Crippen MR) is 116 cm³/mol. The Bertz CT molecular complexity index is 1300. The summed E-state index contributed by atoms with van der Waals surface area (Å²) in [5.41, 5.74) is 2.82. The number of carboxylic acids is 1. The maximum absolute atomic E-state index is 12.9. The Morgan fingerprint density at radius 1 is 1.10 bits per heavy atom. The first-order valence-electron chi connectivity index (χ1n) is 9.67. The van der Waals surface area contributed by atoms with E-state index in [1.807, 2.05) is 42.5 Å². The van der Waals surface area contributed by atoms with Crippen LogP contribution in [0.4, 0.5) is 0 Å². The number of nitrogens with zero attached hydrogens (tertiary/aromatic N) is 1. The van der Waals surface area contributed by atoms with Gasteiger partial charge in [-0.1, -0.05) is 30.3 Å². The number of methoxy groups -OCH3 is 1. The molecule has 31 heavy (non-hydrogen) atoms. The molecule has 0 spiro atoms. The number of H-pyrrole nitrogens is 1. The van der Waals surface area contributed by atoms with E-state index in [1.165, 1.54) is 6.92 Å². The Kier molecular flexibility index (Phi) is 5.31. The summed E-state index contributed by atoms with van der Waals surface area (Å²) in [7, 11) is 1.55. The average Bonchev–Trinajstić information content (AvgIpc) is 3.14. The van der Waals surface area contributed by atoms with Gasteiger partial charge < -0.3 is 25.3 Å². The van der Waals surface area contributed by atoms with Crippen LogP contribution in [0.25, 0.3) is 33.1 Å². The third kappa shape index (κ3) is 3.69. The number of ether oxygens (including phenoxy) is 1. The molecule has 0 saturated heterocycles. The highest BCUT2D eigenvalue weighted by Gasteiger charge is 2.27. The number of aliphatic carboxylic acids is 1. The number of nitrogens with one attached hydrogen (secondary N) is 2. The summed E-state index contributed by atoms with van der Waals surface area (Å²) < 4.78 is 5.49. The van der Waals surface area contributed by atoms with Gasteiger partial charge in [0.05, 0.1) is 24.4 Å². The van der Waals surface area contributed by atoms with Gasteiger partial charge in [0, 0.05) is 21.9 Å². The van der Waals surface area contributed by atoms with E-state index < -0.39 is 24.0 Å². The molecule has 2 atom stereocenters. The van der Waals surface area contributed by atoms with Crippen LogP contribution in [0.15, 0.2) is 54.6 Å². The van der Waals surface area contributed by atoms with Gasteiger partial charge >= 0.3 is 5.97 Å². The second-order valence-corrected chi connectivity index (χ2v) is 7.18. The molecule has 0 aliphatic carbocycles. The van der Waals surface area contributed by atoms with Gasteiger partial charge in [-0.3, -0.25) is 4.79 Å². The number of carbonyl (C=O) groups excluding carboxylic acids is 1. The molecule has 4 N–H and O–H groups in total. The first kappa shape index (κ1) is 20.4. The lowest BCUT2D eigenvalue weighted by Gasteiger charge is -2.17. The number of para-hydroxylation sites is 2. The number of benzene rings is 2. The smallest absolute Gasteiger partial charge is 0.328 e. The third-order valence-electron chi connectivity index (χ3n) is 5.13. The molecule has 2 aromatic heterocycles. The number of carbonyl (C=O) groups is 2. The van der Waals surface area contributed by atoms with E-state index in [4.69, 9.17) is 4.74 Å². The number of rotatable bonds is 6. The minimum atomic E-state index is -1.46. The Labute approximate surface area is 177 Å². The van der Waals surface area contributed by atoms with E-state index in [0.717, 1.165) is 21.8 Å². The summed E-state index contributed by atoms with van der Waals surface area (Å²) in [5.74, 6) is -1.45. The lowest BCUT2D eigenvalue weighted by Crippen LogP contribution is -2.47. The number of carboxylic acid groups (broad SMARTS) is 1. The monoisotopic (exact) mass is 419 g/mol. The van der Waals surface area contributed by atoms with Gasteiger partial charge in [-0.15, -0.1) is 0 Å². The van der Waals surface area contributed by atoms with E-state index in [-0.39, 0.29) is 5.69 Å². The predicted octanol–water partition coefficient (Wildman–Crippen LogP) is 2.96. The molecule has 2 unspecified atom stereocenters. The number of aromatic nitrogens is 2. The molecule has 8 nitrogen and oxygen atoms in total. The van der Waals surface area contributed by atoms with Crippen molar-refractivity contribution >= 4 is 33.7 Å². The number of hydrogen-bond donors (Lipinski definition) is 4. The number of aliphatic hydroxyl groups excluding tert-OH is 1. The van der Waals surface area contributed by atoms with Gasteiger partial charge in [-0.05, 0) is 31.2 Å². The highest BCUT2D eigenvalue weighted by atomic mass is 16.5. The van der Waals surface area contributed by atoms with Crippen molar-refractivity contribution in [2.45, 2.75) is 19.1 Å². The summed E-state index contributed by atoms with van der Waals surface area (Å²) in [5, 5.41) is 23.0. The largest absolute Gasteiger partial charge is 0.496 e. The zero-order valence-corrected chi connectivity index (χ0v) is 16.9. The molecule has 0 radical (unpaired) electrons. The summed E-state index contributed by atoms with van der Waals surface area (Å²) in [6, 6.07) is 15.1. The zero-order valence-electron chi connectivity index (χ0n) is 16.9. The SMILES string of the molecule is COc1ccccc1-c1nc(C(=O)NC(C(=O)O)C(C)O)cc2c1[nH]c1ccccc12. The molecule has 0 saturated carbocycles. The van der Waals surface area contributed by atoms with E-state index >= 15 is 0 Å². The van der Waals surface area contributed by atoms with Gasteiger partial charge in [0.1, 0.15) is 11.4 Å². The molecule has 1 amide bonds. The Hall–Kier alpha value is -3.91. The molecular formula is C23H21N3O5. The molecule has 2 heterocycles. The fourth-order valence-corrected chi connectivity index (χ4v) is 3.60. The molecule has 8 heteroatoms. The Morgan fingerprint density at radius 3 is 2.52 bits per heavy atom. The maximum atomic E-state index is 12.9. The third-order valence-corrected chi connectivity index (χ3v) is 5.13. The van der Waals surface area contributed by atoms with Gasteiger partial charge in [0.15, 0.2) is 6.04 Å². The van der Waals surface area contributed by atoms with Crippen LogP contribution in [0.3, 0.4) is 0 Å². The molecule has 0 aliphatic heterocycles. The highest BCUT2D eigenvalue weighted by molar-refractivity contribution is 6.13.